The van der Waals surface area contributed by atoms with E-state index >= 15 is 0 Å². The summed E-state index contributed by atoms with van der Waals surface area (Å²) >= 11 is 0. The molecule has 64 valence electrons. The van der Waals surface area contributed by atoms with Crippen LogP contribution in [0.3, 0.4) is 0 Å². The molecule has 0 spiro atoms. The number of hydrogen-bond acceptors (Lipinski definition) is 0. The highest BCUT2D eigenvalue weighted by molar-refractivity contribution is 5.09. The predicted molar refractivity (Wildman–Crippen MR) is 50.7 cm³/mol. The van der Waals surface area contributed by atoms with E-state index in [9.17, 15) is 0 Å². The molecular formula is C10H19N. The summed E-state index contributed by atoms with van der Waals surface area (Å²) in [6.07, 6.45) is 5.18. The van der Waals surface area contributed by atoms with Gasteiger partial charge < -0.3 is 4.98 Å². The predicted octanol–water partition coefficient (Wildman–Crippen LogP) is 3.24. The Morgan fingerprint density at radius 3 is 2.36 bits per heavy atom. The number of hydrogen-bond donors (Lipinski definition) is 1. The lowest BCUT2D eigenvalue weighted by atomic mass is 9.89. The van der Waals surface area contributed by atoms with E-state index in [4.69, 9.17) is 0 Å². The first kappa shape index (κ1) is 10.3. The van der Waals surface area contributed by atoms with E-state index in [0.717, 1.165) is 6.42 Å². The maximum atomic E-state index is 3.05. The van der Waals surface area contributed by atoms with Crippen LogP contribution in [0.2, 0.25) is 0 Å². The first-order valence-corrected chi connectivity index (χ1v) is 3.70. The Hall–Kier alpha value is -0.720. The molecule has 1 aromatic heterocycles. The summed E-state index contributed by atoms with van der Waals surface area (Å²) in [4.78, 5) is 3.05. The quantitative estimate of drug-likeness (QED) is 0.637. The van der Waals surface area contributed by atoms with Gasteiger partial charge in [0.05, 0.1) is 0 Å². The van der Waals surface area contributed by atoms with Crippen LogP contribution in [0.25, 0.3) is 0 Å². The molecule has 1 heterocycles. The fourth-order valence-electron chi connectivity index (χ4n) is 1.08. The van der Waals surface area contributed by atoms with E-state index in [0.29, 0.717) is 5.41 Å². The summed E-state index contributed by atoms with van der Waals surface area (Å²) in [5, 5.41) is 0. The molecule has 0 bridgehead atoms. The Labute approximate surface area is 69.8 Å². The Morgan fingerprint density at radius 2 is 2.00 bits per heavy atom. The third kappa shape index (κ3) is 3.87. The summed E-state index contributed by atoms with van der Waals surface area (Å²) in [6, 6.07) is 2.13. The van der Waals surface area contributed by atoms with Crippen LogP contribution in [0.1, 0.15) is 33.8 Å². The SMILES string of the molecule is C.CC(C)(C)Cc1cc[nH]c1. The molecule has 0 saturated heterocycles. The molecule has 0 aromatic carbocycles. The lowest BCUT2D eigenvalue weighted by Gasteiger charge is -2.16. The summed E-state index contributed by atoms with van der Waals surface area (Å²) in [7, 11) is 0. The number of rotatable bonds is 1. The second kappa shape index (κ2) is 3.61. The van der Waals surface area contributed by atoms with Crippen molar-refractivity contribution in [2.24, 2.45) is 5.41 Å². The van der Waals surface area contributed by atoms with Crippen LogP contribution in [0.4, 0.5) is 0 Å². The van der Waals surface area contributed by atoms with Crippen molar-refractivity contribution in [3.8, 4) is 0 Å². The van der Waals surface area contributed by atoms with E-state index in [2.05, 4.69) is 38.0 Å². The smallest absolute Gasteiger partial charge is 0.00375 e. The molecule has 0 unspecified atom stereocenters. The van der Waals surface area contributed by atoms with E-state index in [1.54, 1.807) is 0 Å². The molecule has 1 aromatic rings. The van der Waals surface area contributed by atoms with Crippen molar-refractivity contribution in [1.82, 2.24) is 4.98 Å². The van der Waals surface area contributed by atoms with Crippen molar-refractivity contribution in [2.75, 3.05) is 0 Å². The fourth-order valence-corrected chi connectivity index (χ4v) is 1.08. The molecule has 1 heteroatoms. The zero-order chi connectivity index (χ0) is 7.61. The van der Waals surface area contributed by atoms with Crippen molar-refractivity contribution < 1.29 is 0 Å². The molecule has 11 heavy (non-hydrogen) atoms. The highest BCUT2D eigenvalue weighted by Gasteiger charge is 2.10. The van der Waals surface area contributed by atoms with Crippen molar-refractivity contribution >= 4 is 0 Å². The van der Waals surface area contributed by atoms with Crippen LogP contribution in [-0.2, 0) is 6.42 Å². The van der Waals surface area contributed by atoms with Gasteiger partial charge in [-0.2, -0.15) is 0 Å². The molecule has 0 fully saturated rings. The number of aromatic amines is 1. The first-order chi connectivity index (χ1) is 4.58. The average molecular weight is 153 g/mol. The van der Waals surface area contributed by atoms with E-state index in [1.807, 2.05) is 6.20 Å². The first-order valence-electron chi connectivity index (χ1n) is 3.70. The Kier molecular flexibility index (Phi) is 3.37. The van der Waals surface area contributed by atoms with Gasteiger partial charge in [-0.1, -0.05) is 28.2 Å². The molecule has 0 saturated carbocycles. The van der Waals surface area contributed by atoms with Gasteiger partial charge in [0, 0.05) is 12.4 Å². The summed E-state index contributed by atoms with van der Waals surface area (Å²) < 4.78 is 0. The zero-order valence-electron chi connectivity index (χ0n) is 6.94. The van der Waals surface area contributed by atoms with E-state index < -0.39 is 0 Å². The Morgan fingerprint density at radius 1 is 1.36 bits per heavy atom. The largest absolute Gasteiger partial charge is 0.367 e. The maximum absolute atomic E-state index is 3.05. The number of aromatic nitrogens is 1. The van der Waals surface area contributed by atoms with Crippen LogP contribution >= 0.6 is 0 Å². The van der Waals surface area contributed by atoms with Gasteiger partial charge in [0.25, 0.3) is 0 Å². The number of H-pyrrole nitrogens is 1. The van der Waals surface area contributed by atoms with Crippen molar-refractivity contribution in [2.45, 2.75) is 34.6 Å². The van der Waals surface area contributed by atoms with Crippen LogP contribution in [-0.4, -0.2) is 4.98 Å². The van der Waals surface area contributed by atoms with Crippen molar-refractivity contribution in [3.05, 3.63) is 24.0 Å². The van der Waals surface area contributed by atoms with Crippen molar-refractivity contribution in [3.63, 3.8) is 0 Å². The average Bonchev–Trinajstić information content (AvgIpc) is 2.12. The highest BCUT2D eigenvalue weighted by atomic mass is 14.6. The zero-order valence-corrected chi connectivity index (χ0v) is 6.94. The molecule has 0 aliphatic rings. The van der Waals surface area contributed by atoms with Gasteiger partial charge in [-0.15, -0.1) is 0 Å². The van der Waals surface area contributed by atoms with E-state index in [-0.39, 0.29) is 7.43 Å². The molecule has 1 nitrogen and oxygen atoms in total. The third-order valence-corrected chi connectivity index (χ3v) is 1.40. The second-order valence-corrected chi connectivity index (χ2v) is 3.96. The normalized spacial score (nSPS) is 10.8. The third-order valence-electron chi connectivity index (χ3n) is 1.40. The van der Waals surface area contributed by atoms with Gasteiger partial charge in [-0.3, -0.25) is 0 Å². The highest BCUT2D eigenvalue weighted by Crippen LogP contribution is 2.19. The Bertz CT molecular complexity index is 179. The Balaban J connectivity index is 0.000001000. The maximum Gasteiger partial charge on any atom is 0.00375 e. The van der Waals surface area contributed by atoms with Crippen LogP contribution in [0.5, 0.6) is 0 Å². The molecule has 0 atom stereocenters. The topological polar surface area (TPSA) is 15.8 Å². The van der Waals surface area contributed by atoms with Gasteiger partial charge in [-0.05, 0) is 23.5 Å². The lowest BCUT2D eigenvalue weighted by Crippen LogP contribution is -2.08. The van der Waals surface area contributed by atoms with Crippen LogP contribution in [0, 0.1) is 5.41 Å². The molecule has 0 radical (unpaired) electrons. The summed E-state index contributed by atoms with van der Waals surface area (Å²) in [5.41, 5.74) is 1.80. The van der Waals surface area contributed by atoms with E-state index in [1.165, 1.54) is 5.56 Å². The monoisotopic (exact) mass is 153 g/mol. The standard InChI is InChI=1S/C9H15N.CH4/c1-9(2,3)6-8-4-5-10-7-8;/h4-5,7,10H,6H2,1-3H3;1H4. The molecular weight excluding hydrogens is 134 g/mol. The number of nitrogens with one attached hydrogen (secondary N) is 1. The summed E-state index contributed by atoms with van der Waals surface area (Å²) in [6.45, 7) is 6.75. The fraction of sp³-hybridized carbons (Fsp3) is 0.600. The molecule has 1 rings (SSSR count). The molecule has 0 aliphatic carbocycles. The van der Waals surface area contributed by atoms with Gasteiger partial charge in [-0.25, -0.2) is 0 Å². The minimum Gasteiger partial charge on any atom is -0.367 e. The molecule has 1 N–H and O–H groups in total. The van der Waals surface area contributed by atoms with Gasteiger partial charge in [0.1, 0.15) is 0 Å². The van der Waals surface area contributed by atoms with Crippen molar-refractivity contribution in [1.29, 1.82) is 0 Å². The van der Waals surface area contributed by atoms with Crippen LogP contribution in [0.15, 0.2) is 18.5 Å². The summed E-state index contributed by atoms with van der Waals surface area (Å²) in [5.74, 6) is 0. The van der Waals surface area contributed by atoms with Gasteiger partial charge in [0.2, 0.25) is 0 Å². The van der Waals surface area contributed by atoms with Gasteiger partial charge in [0.15, 0.2) is 0 Å². The molecule has 0 aliphatic heterocycles. The lowest BCUT2D eigenvalue weighted by molar-refractivity contribution is 0.411. The van der Waals surface area contributed by atoms with Crippen LogP contribution < -0.4 is 0 Å². The molecule has 0 amide bonds. The van der Waals surface area contributed by atoms with Gasteiger partial charge >= 0.3 is 0 Å². The minimum atomic E-state index is 0. The minimum absolute atomic E-state index is 0. The second-order valence-electron chi connectivity index (χ2n) is 3.96.